The molecule has 3 atom stereocenters. The van der Waals surface area contributed by atoms with Gasteiger partial charge in [-0.2, -0.15) is 0 Å². The van der Waals surface area contributed by atoms with E-state index in [-0.39, 0.29) is 36.8 Å². The second kappa shape index (κ2) is 14.0. The quantitative estimate of drug-likeness (QED) is 0.213. The van der Waals surface area contributed by atoms with Gasteiger partial charge in [-0.3, -0.25) is 10.1 Å². The third kappa shape index (κ3) is 10.0. The summed E-state index contributed by atoms with van der Waals surface area (Å²) in [6.07, 6.45) is 0.373. The minimum atomic E-state index is -4.01. The summed E-state index contributed by atoms with van der Waals surface area (Å²) in [5.41, 5.74) is -3.30. The van der Waals surface area contributed by atoms with Crippen molar-refractivity contribution in [1.29, 1.82) is 0 Å². The van der Waals surface area contributed by atoms with Crippen molar-refractivity contribution in [2.24, 2.45) is 0 Å². The van der Waals surface area contributed by atoms with E-state index >= 15 is 0 Å². The van der Waals surface area contributed by atoms with Crippen molar-refractivity contribution in [3.63, 3.8) is 0 Å². The first-order valence-corrected chi connectivity index (χ1v) is 18.7. The first-order chi connectivity index (χ1) is 21.5. The summed E-state index contributed by atoms with van der Waals surface area (Å²) in [7, 11) is -7.93. The fourth-order valence-corrected chi connectivity index (χ4v) is 7.15. The first-order valence-electron chi connectivity index (χ1n) is 15.1. The van der Waals surface area contributed by atoms with Gasteiger partial charge in [0.25, 0.3) is 0 Å². The molecule has 0 spiro atoms. The number of alkyl carbamates (subject to hydrolysis) is 1. The maximum atomic E-state index is 14.1. The van der Waals surface area contributed by atoms with E-state index in [0.29, 0.717) is 5.75 Å². The third-order valence-corrected chi connectivity index (χ3v) is 12.0. The number of rotatable bonds is 14. The van der Waals surface area contributed by atoms with Crippen molar-refractivity contribution in [3.8, 4) is 11.5 Å². The number of carbonyl (C=O) groups is 2. The fourth-order valence-electron chi connectivity index (χ4n) is 4.91. The monoisotopic (exact) mass is 697 g/mol. The van der Waals surface area contributed by atoms with E-state index in [2.05, 4.69) is 16.0 Å². The summed E-state index contributed by atoms with van der Waals surface area (Å²) in [5.74, 6) is -0.800. The molecule has 3 rings (SSSR count). The van der Waals surface area contributed by atoms with Crippen LogP contribution in [0.25, 0.3) is 0 Å². The molecule has 13 nitrogen and oxygen atoms in total. The zero-order chi connectivity index (χ0) is 35.5. The van der Waals surface area contributed by atoms with Crippen molar-refractivity contribution in [3.05, 3.63) is 54.1 Å². The lowest BCUT2D eigenvalue weighted by Gasteiger charge is -2.41. The molecule has 262 valence electrons. The van der Waals surface area contributed by atoms with Crippen molar-refractivity contribution < 1.29 is 45.7 Å². The van der Waals surface area contributed by atoms with E-state index < -0.39 is 65.1 Å². The molecule has 4 N–H and O–H groups in total. The van der Waals surface area contributed by atoms with Gasteiger partial charge in [-0.05, 0) is 65.7 Å². The minimum Gasteiger partial charge on any atom is -0.454 e. The van der Waals surface area contributed by atoms with Gasteiger partial charge >= 0.3 is 6.09 Å². The van der Waals surface area contributed by atoms with Crippen LogP contribution < -0.4 is 25.4 Å². The summed E-state index contributed by atoms with van der Waals surface area (Å²) in [6.45, 7) is 10.4. The van der Waals surface area contributed by atoms with Gasteiger partial charge in [0.2, 0.25) is 12.7 Å². The molecule has 0 fully saturated rings. The van der Waals surface area contributed by atoms with E-state index in [4.69, 9.17) is 14.2 Å². The molecule has 0 saturated carbocycles. The number of hydrogen-bond acceptors (Lipinski definition) is 11. The van der Waals surface area contributed by atoms with E-state index in [9.17, 15) is 31.5 Å². The summed E-state index contributed by atoms with van der Waals surface area (Å²) in [6, 6.07) is 11.7. The smallest absolute Gasteiger partial charge is 0.408 e. The Kier molecular flexibility index (Phi) is 11.3. The molecule has 0 saturated heterocycles. The molecule has 0 aromatic heterocycles. The molecule has 2 aromatic carbocycles. The Hall–Kier alpha value is -3.40. The molecule has 1 aliphatic heterocycles. The Bertz CT molecular complexity index is 1650. The molecule has 0 unspecified atom stereocenters. The molecule has 2 amide bonds. The molecule has 2 aromatic rings. The van der Waals surface area contributed by atoms with Gasteiger partial charge in [-0.1, -0.05) is 37.3 Å². The highest BCUT2D eigenvalue weighted by Crippen LogP contribution is 2.34. The zero-order valence-corrected chi connectivity index (χ0v) is 29.8. The van der Waals surface area contributed by atoms with Gasteiger partial charge in [-0.25, -0.2) is 21.6 Å². The van der Waals surface area contributed by atoms with Crippen molar-refractivity contribution in [1.82, 2.24) is 16.0 Å². The van der Waals surface area contributed by atoms with Crippen LogP contribution >= 0.6 is 0 Å². The molecule has 0 radical (unpaired) electrons. The van der Waals surface area contributed by atoms with Gasteiger partial charge in [0.1, 0.15) is 11.6 Å². The second-order valence-corrected chi connectivity index (χ2v) is 18.3. The van der Waals surface area contributed by atoms with Crippen molar-refractivity contribution in [2.45, 2.75) is 93.9 Å². The van der Waals surface area contributed by atoms with Gasteiger partial charge in [0.05, 0.1) is 26.7 Å². The molecule has 1 aliphatic rings. The average Bonchev–Trinajstić information content (AvgIpc) is 3.41. The number of ether oxygens (including phenoxy) is 3. The molecule has 0 aliphatic carbocycles. The van der Waals surface area contributed by atoms with Crippen LogP contribution in [0.3, 0.4) is 0 Å². The molecular weight excluding hydrogens is 650 g/mol. The number of sulfone groups is 2. The number of benzene rings is 2. The molecule has 15 heteroatoms. The average molecular weight is 698 g/mol. The SMILES string of the molecule is CC[C@](Cc1ccccc1)(NC[C@@](C)(O)CS(=O)(=O)c1ccc2c(c1)OCO2)NC(=O)[C@H](NC(=O)OC(C)(C)C)C(C)(C)S(C)(=O)=O. The normalized spacial score (nSPS) is 16.8. The Labute approximate surface area is 277 Å². The van der Waals surface area contributed by atoms with E-state index in [1.165, 1.54) is 39.0 Å². The molecule has 0 bridgehead atoms. The first kappa shape index (κ1) is 38.1. The van der Waals surface area contributed by atoms with Crippen molar-refractivity contribution in [2.75, 3.05) is 25.3 Å². The van der Waals surface area contributed by atoms with Crippen LogP contribution in [0.4, 0.5) is 4.79 Å². The van der Waals surface area contributed by atoms with Crippen molar-refractivity contribution >= 4 is 31.7 Å². The maximum absolute atomic E-state index is 14.1. The second-order valence-electron chi connectivity index (χ2n) is 13.7. The third-order valence-electron chi connectivity index (χ3n) is 7.90. The topological polar surface area (TPSA) is 186 Å². The highest BCUT2D eigenvalue weighted by molar-refractivity contribution is 7.92. The maximum Gasteiger partial charge on any atom is 0.408 e. The molecular formula is C32H47N3O10S2. The lowest BCUT2D eigenvalue weighted by atomic mass is 9.93. The minimum absolute atomic E-state index is 0.0256. The Morgan fingerprint density at radius 3 is 2.15 bits per heavy atom. The van der Waals surface area contributed by atoms with E-state index in [1.807, 2.05) is 30.3 Å². The van der Waals surface area contributed by atoms with Crippen LogP contribution in [0.5, 0.6) is 11.5 Å². The van der Waals surface area contributed by atoms with Gasteiger partial charge < -0.3 is 30.0 Å². The lowest BCUT2D eigenvalue weighted by Crippen LogP contribution is -2.69. The Balaban J connectivity index is 1.93. The highest BCUT2D eigenvalue weighted by Gasteiger charge is 2.47. The Morgan fingerprint density at radius 1 is 0.957 bits per heavy atom. The van der Waals surface area contributed by atoms with Crippen LogP contribution in [0.15, 0.2) is 53.4 Å². The zero-order valence-electron chi connectivity index (χ0n) is 28.2. The standard InChI is InChI=1S/C32H47N3O10S2/c1-9-32(18-22-13-11-10-12-14-22,35-27(36)26(30(5,6)46(8,39)40)34-28(37)45-29(2,3)4)33-19-31(7,38)20-47(41,42)23-15-16-24-25(17-23)44-21-43-24/h10-17,26,33,38H,9,18-21H2,1-8H3,(H,34,37)(H,35,36)/t26-,31+,32-/m0/s1. The summed E-state index contributed by atoms with van der Waals surface area (Å²) >= 11 is 0. The fraction of sp³-hybridized carbons (Fsp3) is 0.562. The number of amides is 2. The van der Waals surface area contributed by atoms with Gasteiger partial charge in [-0.15, -0.1) is 0 Å². The van der Waals surface area contributed by atoms with Crippen LogP contribution in [0.1, 0.15) is 60.5 Å². The summed E-state index contributed by atoms with van der Waals surface area (Å²) in [5, 5.41) is 19.9. The van der Waals surface area contributed by atoms with Crippen LogP contribution in [-0.2, 0) is 35.6 Å². The summed E-state index contributed by atoms with van der Waals surface area (Å²) in [4.78, 5) is 26.8. The van der Waals surface area contributed by atoms with E-state index in [0.717, 1.165) is 11.8 Å². The number of aliphatic hydroxyl groups is 1. The number of hydrogen-bond donors (Lipinski definition) is 4. The van der Waals surface area contributed by atoms with Crippen LogP contribution in [0.2, 0.25) is 0 Å². The number of nitrogens with one attached hydrogen (secondary N) is 3. The predicted molar refractivity (Wildman–Crippen MR) is 177 cm³/mol. The van der Waals surface area contributed by atoms with Crippen LogP contribution in [0, 0.1) is 0 Å². The molecule has 47 heavy (non-hydrogen) atoms. The van der Waals surface area contributed by atoms with Crippen LogP contribution in [-0.4, -0.2) is 86.9 Å². The predicted octanol–water partition coefficient (Wildman–Crippen LogP) is 2.71. The van der Waals surface area contributed by atoms with E-state index in [1.54, 1.807) is 27.7 Å². The lowest BCUT2D eigenvalue weighted by molar-refractivity contribution is -0.126. The highest BCUT2D eigenvalue weighted by atomic mass is 32.2. The molecule has 1 heterocycles. The Morgan fingerprint density at radius 2 is 1.57 bits per heavy atom. The largest absolute Gasteiger partial charge is 0.454 e. The number of carbonyl (C=O) groups excluding carboxylic acids is 2. The summed E-state index contributed by atoms with van der Waals surface area (Å²) < 4.78 is 66.5. The van der Waals surface area contributed by atoms with Gasteiger partial charge in [0, 0.05) is 25.3 Å². The number of fused-ring (bicyclic) bond motifs is 1. The van der Waals surface area contributed by atoms with Gasteiger partial charge in [0.15, 0.2) is 31.2 Å².